The van der Waals surface area contributed by atoms with E-state index in [2.05, 4.69) is 5.32 Å². The van der Waals surface area contributed by atoms with Crippen LogP contribution < -0.4 is 10.1 Å². The normalized spacial score (nSPS) is 22.0. The number of amides is 1. The molecule has 2 aliphatic rings. The fraction of sp³-hybridized carbons (Fsp3) is 0.581. The van der Waals surface area contributed by atoms with Crippen LogP contribution >= 0.6 is 0 Å². The Kier molecular flexibility index (Phi) is 11.1. The summed E-state index contributed by atoms with van der Waals surface area (Å²) in [7, 11) is -2.42. The number of carbonyl (C=O) groups is 1. The Labute approximate surface area is 244 Å². The number of nitrogens with one attached hydrogen (secondary N) is 1. The molecule has 10 heteroatoms. The molecule has 9 nitrogen and oxygen atoms in total. The van der Waals surface area contributed by atoms with Crippen LogP contribution in [0.3, 0.4) is 0 Å². The lowest BCUT2D eigenvalue weighted by Crippen LogP contribution is -2.51. The quantitative estimate of drug-likeness (QED) is 0.337. The molecule has 1 amide bonds. The number of rotatable bonds is 14. The maximum Gasteiger partial charge on any atom is 0.407 e. The molecule has 5 atom stereocenters. The zero-order chi connectivity index (χ0) is 29.4. The predicted octanol–water partition coefficient (Wildman–Crippen LogP) is 4.39. The Bertz CT molecular complexity index is 1200. The molecule has 0 aromatic heterocycles. The van der Waals surface area contributed by atoms with Crippen molar-refractivity contribution in [1.82, 2.24) is 9.62 Å². The summed E-state index contributed by atoms with van der Waals surface area (Å²) < 4.78 is 45.8. The van der Waals surface area contributed by atoms with Crippen LogP contribution in [0.2, 0.25) is 0 Å². The molecule has 0 radical (unpaired) electrons. The van der Waals surface area contributed by atoms with E-state index in [1.807, 2.05) is 44.2 Å². The molecule has 1 saturated heterocycles. The topological polar surface area (TPSA) is 114 Å². The van der Waals surface area contributed by atoms with Gasteiger partial charge in [-0.05, 0) is 61.4 Å². The van der Waals surface area contributed by atoms with Crippen molar-refractivity contribution in [3.05, 3.63) is 60.2 Å². The van der Waals surface area contributed by atoms with Gasteiger partial charge in [-0.15, -0.1) is 0 Å². The fourth-order valence-corrected chi connectivity index (χ4v) is 7.42. The number of ether oxygens (including phenoxy) is 3. The number of hydrogen-bond donors (Lipinski definition) is 2. The van der Waals surface area contributed by atoms with Gasteiger partial charge in [0.25, 0.3) is 0 Å². The van der Waals surface area contributed by atoms with Crippen molar-refractivity contribution in [1.29, 1.82) is 0 Å². The number of carbonyl (C=O) groups excluding carboxylic acids is 1. The monoisotopic (exact) mass is 588 g/mol. The summed E-state index contributed by atoms with van der Waals surface area (Å²) in [6.07, 6.45) is 2.53. The Morgan fingerprint density at radius 1 is 1.05 bits per heavy atom. The number of hydrogen-bond acceptors (Lipinski definition) is 7. The van der Waals surface area contributed by atoms with Crippen molar-refractivity contribution < 1.29 is 32.5 Å². The van der Waals surface area contributed by atoms with Crippen LogP contribution in [-0.4, -0.2) is 75.1 Å². The molecule has 2 fully saturated rings. The van der Waals surface area contributed by atoms with E-state index < -0.39 is 28.3 Å². The van der Waals surface area contributed by atoms with Crippen molar-refractivity contribution in [2.24, 2.45) is 11.8 Å². The molecule has 4 rings (SSSR count). The van der Waals surface area contributed by atoms with Crippen LogP contribution in [0.25, 0.3) is 0 Å². The Morgan fingerprint density at radius 2 is 1.76 bits per heavy atom. The average molecular weight is 589 g/mol. The number of nitrogens with zero attached hydrogens (tertiary/aromatic N) is 1. The maximum absolute atomic E-state index is 13.8. The molecule has 1 saturated carbocycles. The van der Waals surface area contributed by atoms with Gasteiger partial charge in [0.05, 0.1) is 30.3 Å². The largest absolute Gasteiger partial charge is 0.497 e. The predicted molar refractivity (Wildman–Crippen MR) is 156 cm³/mol. The van der Waals surface area contributed by atoms with Crippen LogP contribution in [0.1, 0.15) is 51.5 Å². The molecule has 2 aromatic rings. The van der Waals surface area contributed by atoms with Gasteiger partial charge in [-0.3, -0.25) is 0 Å². The van der Waals surface area contributed by atoms with Gasteiger partial charge in [-0.1, -0.05) is 57.0 Å². The lowest BCUT2D eigenvalue weighted by Gasteiger charge is -2.32. The molecule has 226 valence electrons. The molecule has 1 aliphatic carbocycles. The minimum absolute atomic E-state index is 0.115. The van der Waals surface area contributed by atoms with Gasteiger partial charge in [-0.2, -0.15) is 4.31 Å². The molecule has 1 heterocycles. The average Bonchev–Trinajstić information content (AvgIpc) is 3.60. The summed E-state index contributed by atoms with van der Waals surface area (Å²) in [5, 5.41) is 14.4. The van der Waals surface area contributed by atoms with Gasteiger partial charge < -0.3 is 24.6 Å². The van der Waals surface area contributed by atoms with Crippen molar-refractivity contribution in [2.45, 2.75) is 81.6 Å². The van der Waals surface area contributed by atoms with Crippen LogP contribution in [-0.2, 0) is 25.9 Å². The summed E-state index contributed by atoms with van der Waals surface area (Å²) in [5.41, 5.74) is 0.909. The van der Waals surface area contributed by atoms with Crippen LogP contribution in [0.15, 0.2) is 59.5 Å². The summed E-state index contributed by atoms with van der Waals surface area (Å²) in [4.78, 5) is 13.2. The second-order valence-electron chi connectivity index (χ2n) is 11.1. The molecule has 0 bridgehead atoms. The van der Waals surface area contributed by atoms with Crippen LogP contribution in [0.4, 0.5) is 4.79 Å². The highest BCUT2D eigenvalue weighted by atomic mass is 32.2. The second-order valence-corrected chi connectivity index (χ2v) is 13.0. The first kappa shape index (κ1) is 31.3. The van der Waals surface area contributed by atoms with Crippen molar-refractivity contribution in [2.75, 3.05) is 26.8 Å². The zero-order valence-electron chi connectivity index (χ0n) is 24.3. The van der Waals surface area contributed by atoms with Crippen LogP contribution in [0, 0.1) is 11.8 Å². The molecule has 2 aromatic carbocycles. The molecule has 41 heavy (non-hydrogen) atoms. The van der Waals surface area contributed by atoms with E-state index in [4.69, 9.17) is 14.2 Å². The molecule has 0 spiro atoms. The molecular formula is C31H44N2O7S. The number of alkyl carbamates (subject to hydrolysis) is 1. The smallest absolute Gasteiger partial charge is 0.407 e. The highest BCUT2D eigenvalue weighted by Crippen LogP contribution is 2.37. The van der Waals surface area contributed by atoms with Crippen molar-refractivity contribution >= 4 is 16.1 Å². The van der Waals surface area contributed by atoms with Crippen LogP contribution in [0.5, 0.6) is 5.75 Å². The fourth-order valence-electron chi connectivity index (χ4n) is 5.89. The first-order valence-electron chi connectivity index (χ1n) is 14.7. The molecule has 1 unspecified atom stereocenters. The summed E-state index contributed by atoms with van der Waals surface area (Å²) in [6, 6.07) is 15.0. The number of benzene rings is 2. The van der Waals surface area contributed by atoms with E-state index >= 15 is 0 Å². The van der Waals surface area contributed by atoms with E-state index in [-0.39, 0.29) is 42.0 Å². The van der Waals surface area contributed by atoms with Gasteiger partial charge in [0.2, 0.25) is 10.0 Å². The highest BCUT2D eigenvalue weighted by molar-refractivity contribution is 7.89. The first-order valence-corrected chi connectivity index (χ1v) is 16.1. The Balaban J connectivity index is 1.54. The van der Waals surface area contributed by atoms with E-state index in [9.17, 15) is 18.3 Å². The standard InChI is InChI=1S/C31H44N2O7S/c1-4-22(5-2)20-33(41(36,37)25-13-11-24(38-3)12-14-25)21-28(34)27(19-23-9-7-6-8-10-23)32-31(35)40-30-16-15-29-26(30)17-18-39-29/h6-14,22,26-30,34H,4-5,15-21H2,1-3H3,(H,32,35)/t26-,27+,28-,29-,30?/m1/s1. The van der Waals surface area contributed by atoms with E-state index in [1.165, 1.54) is 23.5 Å². The maximum atomic E-state index is 13.8. The molecule has 2 N–H and O–H groups in total. The lowest BCUT2D eigenvalue weighted by molar-refractivity contribution is 0.0495. The minimum Gasteiger partial charge on any atom is -0.497 e. The number of sulfonamides is 1. The first-order chi connectivity index (χ1) is 19.7. The number of fused-ring (bicyclic) bond motifs is 1. The Morgan fingerprint density at radius 3 is 2.41 bits per heavy atom. The minimum atomic E-state index is -3.94. The number of methoxy groups -OCH3 is 1. The second kappa shape index (κ2) is 14.5. The highest BCUT2D eigenvalue weighted by Gasteiger charge is 2.43. The van der Waals surface area contributed by atoms with Crippen molar-refractivity contribution in [3.8, 4) is 5.75 Å². The van der Waals surface area contributed by atoms with Gasteiger partial charge in [-0.25, -0.2) is 13.2 Å². The molecular weight excluding hydrogens is 544 g/mol. The number of aliphatic hydroxyl groups is 1. The van der Waals surface area contributed by atoms with Gasteiger partial charge in [0, 0.05) is 25.6 Å². The zero-order valence-corrected chi connectivity index (χ0v) is 25.1. The summed E-state index contributed by atoms with van der Waals surface area (Å²) >= 11 is 0. The van der Waals surface area contributed by atoms with E-state index in [0.717, 1.165) is 37.7 Å². The Hall–Kier alpha value is -2.66. The summed E-state index contributed by atoms with van der Waals surface area (Å²) in [6.45, 7) is 4.82. The SMILES string of the molecule is CCC(CC)CN(C[C@@H](O)[C@H](Cc1ccccc1)NC(=O)OC1CC[C@H]2OCC[C@@H]12)S(=O)(=O)c1ccc(OC)cc1. The van der Waals surface area contributed by atoms with Gasteiger partial charge in [0.15, 0.2) is 0 Å². The van der Waals surface area contributed by atoms with Crippen molar-refractivity contribution in [3.63, 3.8) is 0 Å². The molecule has 1 aliphatic heterocycles. The number of aliphatic hydroxyl groups excluding tert-OH is 1. The van der Waals surface area contributed by atoms with E-state index in [1.54, 1.807) is 12.1 Å². The van der Waals surface area contributed by atoms with Gasteiger partial charge in [0.1, 0.15) is 11.9 Å². The third kappa shape index (κ3) is 8.00. The third-order valence-electron chi connectivity index (χ3n) is 8.50. The van der Waals surface area contributed by atoms with E-state index in [0.29, 0.717) is 18.8 Å². The summed E-state index contributed by atoms with van der Waals surface area (Å²) in [5.74, 6) is 0.868. The van der Waals surface area contributed by atoms with Gasteiger partial charge >= 0.3 is 6.09 Å². The third-order valence-corrected chi connectivity index (χ3v) is 10.3. The lowest BCUT2D eigenvalue weighted by atomic mass is 10.0.